The maximum atomic E-state index is 11.5. The van der Waals surface area contributed by atoms with Crippen LogP contribution in [0.5, 0.6) is 0 Å². The fourth-order valence-electron chi connectivity index (χ4n) is 2.80. The summed E-state index contributed by atoms with van der Waals surface area (Å²) in [5.74, 6) is -0.218. The van der Waals surface area contributed by atoms with E-state index < -0.39 is 0 Å². The van der Waals surface area contributed by atoms with Gasteiger partial charge in [-0.3, -0.25) is 9.69 Å². The van der Waals surface area contributed by atoms with Crippen molar-refractivity contribution in [3.63, 3.8) is 0 Å². The monoisotopic (exact) mass is 258 g/mol. The molecule has 1 aromatic carbocycles. The third kappa shape index (κ3) is 2.33. The van der Waals surface area contributed by atoms with Crippen molar-refractivity contribution < 1.29 is 4.79 Å². The Bertz CT molecular complexity index is 592. The molecular formula is C14H18N4O. The molecule has 2 heterocycles. The number of primary amides is 1. The molecule has 0 saturated carbocycles. The number of para-hydroxylation sites is 2. The van der Waals surface area contributed by atoms with Crippen LogP contribution >= 0.6 is 0 Å². The van der Waals surface area contributed by atoms with Crippen LogP contribution in [0.3, 0.4) is 0 Å². The number of nitrogens with two attached hydrogens (primary N) is 1. The predicted molar refractivity (Wildman–Crippen MR) is 73.3 cm³/mol. The zero-order valence-electron chi connectivity index (χ0n) is 10.8. The van der Waals surface area contributed by atoms with Crippen molar-refractivity contribution in [3.8, 4) is 0 Å². The normalized spacial score (nSPS) is 20.7. The first-order valence-corrected chi connectivity index (χ1v) is 6.69. The van der Waals surface area contributed by atoms with E-state index in [1.54, 1.807) is 0 Å². The van der Waals surface area contributed by atoms with Crippen LogP contribution in [0, 0.1) is 0 Å². The number of piperidine rings is 1. The van der Waals surface area contributed by atoms with Gasteiger partial charge in [0.1, 0.15) is 0 Å². The Balaban J connectivity index is 1.85. The summed E-state index contributed by atoms with van der Waals surface area (Å²) in [6, 6.07) is 7.88. The fourth-order valence-corrected chi connectivity index (χ4v) is 2.80. The maximum Gasteiger partial charge on any atom is 0.234 e. The van der Waals surface area contributed by atoms with Gasteiger partial charge in [0, 0.05) is 6.54 Å². The highest BCUT2D eigenvalue weighted by Gasteiger charge is 2.27. The standard InChI is InChI=1S/C14H18N4O/c15-14(19)13-7-3-4-8-17(13)10-18-9-16-11-5-1-2-6-12(11)18/h1-2,5-6,9,13H,3-4,7-8,10H2,(H2,15,19). The van der Waals surface area contributed by atoms with Crippen LogP contribution in [0.1, 0.15) is 19.3 Å². The molecule has 1 aromatic heterocycles. The van der Waals surface area contributed by atoms with Crippen LogP contribution in [0.25, 0.3) is 11.0 Å². The average molecular weight is 258 g/mol. The van der Waals surface area contributed by atoms with E-state index in [0.29, 0.717) is 6.67 Å². The van der Waals surface area contributed by atoms with Gasteiger partial charge >= 0.3 is 0 Å². The number of likely N-dealkylation sites (tertiary alicyclic amines) is 1. The Morgan fingerprint density at radius 2 is 2.21 bits per heavy atom. The number of nitrogens with zero attached hydrogens (tertiary/aromatic N) is 3. The minimum absolute atomic E-state index is 0.144. The van der Waals surface area contributed by atoms with Crippen LogP contribution in [0.15, 0.2) is 30.6 Å². The second-order valence-corrected chi connectivity index (χ2v) is 5.07. The zero-order valence-corrected chi connectivity index (χ0v) is 10.8. The van der Waals surface area contributed by atoms with Gasteiger partial charge in [-0.15, -0.1) is 0 Å². The molecule has 5 heteroatoms. The van der Waals surface area contributed by atoms with Crippen LogP contribution in [0.4, 0.5) is 0 Å². The molecule has 3 rings (SSSR count). The Hall–Kier alpha value is -1.88. The second kappa shape index (κ2) is 5.01. The number of hydrogen-bond donors (Lipinski definition) is 1. The minimum Gasteiger partial charge on any atom is -0.368 e. The highest BCUT2D eigenvalue weighted by Crippen LogP contribution is 2.19. The lowest BCUT2D eigenvalue weighted by Gasteiger charge is -2.33. The summed E-state index contributed by atoms with van der Waals surface area (Å²) in [7, 11) is 0. The molecule has 5 nitrogen and oxygen atoms in total. The number of fused-ring (bicyclic) bond motifs is 1. The van der Waals surface area contributed by atoms with E-state index in [1.165, 1.54) is 0 Å². The molecule has 1 saturated heterocycles. The Labute approximate surface area is 112 Å². The number of rotatable bonds is 3. The molecule has 2 aromatic rings. The van der Waals surface area contributed by atoms with Crippen molar-refractivity contribution >= 4 is 16.9 Å². The van der Waals surface area contributed by atoms with Crippen molar-refractivity contribution in [3.05, 3.63) is 30.6 Å². The van der Waals surface area contributed by atoms with Crippen LogP contribution in [-0.4, -0.2) is 32.9 Å². The Morgan fingerprint density at radius 1 is 1.37 bits per heavy atom. The van der Waals surface area contributed by atoms with E-state index in [4.69, 9.17) is 5.73 Å². The van der Waals surface area contributed by atoms with E-state index in [9.17, 15) is 4.79 Å². The summed E-state index contributed by atoms with van der Waals surface area (Å²) in [4.78, 5) is 18.0. The molecule has 1 aliphatic heterocycles. The van der Waals surface area contributed by atoms with Gasteiger partial charge in [0.15, 0.2) is 0 Å². The molecule has 0 spiro atoms. The highest BCUT2D eigenvalue weighted by atomic mass is 16.1. The van der Waals surface area contributed by atoms with Crippen molar-refractivity contribution in [1.29, 1.82) is 0 Å². The van der Waals surface area contributed by atoms with E-state index >= 15 is 0 Å². The van der Waals surface area contributed by atoms with E-state index in [-0.39, 0.29) is 11.9 Å². The van der Waals surface area contributed by atoms with Gasteiger partial charge in [-0.25, -0.2) is 4.98 Å². The predicted octanol–water partition coefficient (Wildman–Crippen LogP) is 1.33. The van der Waals surface area contributed by atoms with E-state index in [0.717, 1.165) is 36.8 Å². The smallest absolute Gasteiger partial charge is 0.234 e. The molecule has 2 N–H and O–H groups in total. The van der Waals surface area contributed by atoms with Crippen LogP contribution in [0.2, 0.25) is 0 Å². The van der Waals surface area contributed by atoms with E-state index in [2.05, 4.69) is 14.5 Å². The van der Waals surface area contributed by atoms with E-state index in [1.807, 2.05) is 30.6 Å². The molecule has 1 fully saturated rings. The van der Waals surface area contributed by atoms with Gasteiger partial charge in [0.05, 0.1) is 30.1 Å². The number of amides is 1. The maximum absolute atomic E-state index is 11.5. The quantitative estimate of drug-likeness (QED) is 0.903. The molecular weight excluding hydrogens is 240 g/mol. The summed E-state index contributed by atoms with van der Waals surface area (Å²) >= 11 is 0. The van der Waals surface area contributed by atoms with Crippen molar-refractivity contribution in [2.24, 2.45) is 5.73 Å². The van der Waals surface area contributed by atoms with Crippen LogP contribution in [-0.2, 0) is 11.5 Å². The number of imidazole rings is 1. The first-order chi connectivity index (χ1) is 9.25. The van der Waals surface area contributed by atoms with Crippen molar-refractivity contribution in [2.75, 3.05) is 6.54 Å². The SMILES string of the molecule is NC(=O)C1CCCCN1Cn1cnc2ccccc21. The molecule has 1 amide bonds. The summed E-state index contributed by atoms with van der Waals surface area (Å²) in [5, 5.41) is 0. The zero-order chi connectivity index (χ0) is 13.2. The molecule has 100 valence electrons. The number of carbonyl (C=O) groups is 1. The molecule has 1 aliphatic rings. The molecule has 0 radical (unpaired) electrons. The van der Waals surface area contributed by atoms with Gasteiger partial charge in [0.2, 0.25) is 5.91 Å². The Kier molecular flexibility index (Phi) is 3.21. The minimum atomic E-state index is -0.218. The molecule has 19 heavy (non-hydrogen) atoms. The van der Waals surface area contributed by atoms with Crippen molar-refractivity contribution in [1.82, 2.24) is 14.5 Å². The van der Waals surface area contributed by atoms with Gasteiger partial charge in [-0.1, -0.05) is 18.6 Å². The number of benzene rings is 1. The van der Waals surface area contributed by atoms with Crippen LogP contribution < -0.4 is 5.73 Å². The lowest BCUT2D eigenvalue weighted by atomic mass is 10.0. The van der Waals surface area contributed by atoms with Gasteiger partial charge in [-0.2, -0.15) is 0 Å². The summed E-state index contributed by atoms with van der Waals surface area (Å²) < 4.78 is 2.08. The van der Waals surface area contributed by atoms with Gasteiger partial charge in [0.25, 0.3) is 0 Å². The molecule has 0 aliphatic carbocycles. The molecule has 0 bridgehead atoms. The second-order valence-electron chi connectivity index (χ2n) is 5.07. The third-order valence-corrected chi connectivity index (χ3v) is 3.80. The van der Waals surface area contributed by atoms with Gasteiger partial charge < -0.3 is 10.3 Å². The van der Waals surface area contributed by atoms with Crippen molar-refractivity contribution in [2.45, 2.75) is 32.0 Å². The topological polar surface area (TPSA) is 64.2 Å². The molecule has 1 unspecified atom stereocenters. The average Bonchev–Trinajstić information content (AvgIpc) is 2.83. The third-order valence-electron chi connectivity index (χ3n) is 3.80. The first-order valence-electron chi connectivity index (χ1n) is 6.69. The van der Waals surface area contributed by atoms with Gasteiger partial charge in [-0.05, 0) is 25.0 Å². The first kappa shape index (κ1) is 12.2. The summed E-state index contributed by atoms with van der Waals surface area (Å²) in [6.07, 6.45) is 4.89. The summed E-state index contributed by atoms with van der Waals surface area (Å²) in [5.41, 5.74) is 7.57. The number of aromatic nitrogens is 2. The number of carbonyl (C=O) groups excluding carboxylic acids is 1. The largest absolute Gasteiger partial charge is 0.368 e. The summed E-state index contributed by atoms with van der Waals surface area (Å²) in [6.45, 7) is 1.59. The highest BCUT2D eigenvalue weighted by molar-refractivity contribution is 5.80. The fraction of sp³-hybridized carbons (Fsp3) is 0.429. The lowest BCUT2D eigenvalue weighted by molar-refractivity contribution is -0.125. The number of hydrogen-bond acceptors (Lipinski definition) is 3. The lowest BCUT2D eigenvalue weighted by Crippen LogP contribution is -2.48. The Morgan fingerprint density at radius 3 is 3.05 bits per heavy atom. The molecule has 1 atom stereocenters.